The van der Waals surface area contributed by atoms with E-state index in [1.807, 2.05) is 48.5 Å². The Bertz CT molecular complexity index is 1020. The predicted molar refractivity (Wildman–Crippen MR) is 129 cm³/mol. The maximum atomic E-state index is 13.0. The van der Waals surface area contributed by atoms with E-state index < -0.39 is 42.8 Å². The molecule has 0 radical (unpaired) electrons. The van der Waals surface area contributed by atoms with Crippen LogP contribution >= 0.6 is 0 Å². The van der Waals surface area contributed by atoms with Crippen LogP contribution in [0.4, 0.5) is 4.79 Å². The summed E-state index contributed by atoms with van der Waals surface area (Å²) < 4.78 is 11.2. The summed E-state index contributed by atoms with van der Waals surface area (Å²) in [7, 11) is 0. The lowest BCUT2D eigenvalue weighted by Crippen LogP contribution is -2.53. The zero-order valence-electron chi connectivity index (χ0n) is 20.2. The third-order valence-electron chi connectivity index (χ3n) is 5.62. The van der Waals surface area contributed by atoms with Crippen LogP contribution in [0, 0.1) is 0 Å². The molecule has 0 unspecified atom stereocenters. The molecular weight excluding hydrogens is 452 g/mol. The predicted octanol–water partition coefficient (Wildman–Crippen LogP) is 2.61. The third kappa shape index (κ3) is 6.80. The fraction of sp³-hybridized carbons (Fsp3) is 0.423. The highest BCUT2D eigenvalue weighted by Gasteiger charge is 2.32. The zero-order chi connectivity index (χ0) is 25.6. The van der Waals surface area contributed by atoms with Gasteiger partial charge in [-0.2, -0.15) is 0 Å². The Balaban J connectivity index is 1.71. The average molecular weight is 485 g/mol. The summed E-state index contributed by atoms with van der Waals surface area (Å²) in [5.74, 6) is -2.06. The Hall–Kier alpha value is -3.43. The Morgan fingerprint density at radius 3 is 2.11 bits per heavy atom. The number of aliphatic hydroxyl groups excluding tert-OH is 1. The Labute approximate surface area is 204 Å². The van der Waals surface area contributed by atoms with Crippen molar-refractivity contribution in [3.8, 4) is 11.1 Å². The summed E-state index contributed by atoms with van der Waals surface area (Å²) in [5.41, 5.74) is 3.70. The van der Waals surface area contributed by atoms with Crippen molar-refractivity contribution in [1.29, 1.82) is 0 Å². The number of carboxylic acid groups (broad SMARTS) is 1. The Kier molecular flexibility index (Phi) is 8.48. The number of aliphatic hydroxyl groups is 1. The molecule has 0 aromatic heterocycles. The Morgan fingerprint density at radius 1 is 1.03 bits per heavy atom. The number of carbonyl (C=O) groups is 3. The van der Waals surface area contributed by atoms with E-state index in [0.717, 1.165) is 27.2 Å². The van der Waals surface area contributed by atoms with E-state index in [1.54, 1.807) is 20.8 Å². The lowest BCUT2D eigenvalue weighted by atomic mass is 9.98. The number of rotatable bonds is 10. The van der Waals surface area contributed by atoms with Crippen LogP contribution in [-0.4, -0.2) is 77.6 Å². The molecule has 0 bridgehead atoms. The van der Waals surface area contributed by atoms with Crippen molar-refractivity contribution in [2.24, 2.45) is 0 Å². The van der Waals surface area contributed by atoms with Crippen LogP contribution in [0.3, 0.4) is 0 Å². The van der Waals surface area contributed by atoms with Crippen molar-refractivity contribution in [2.75, 3.05) is 32.9 Å². The highest BCUT2D eigenvalue weighted by Crippen LogP contribution is 2.44. The second-order valence-electron chi connectivity index (χ2n) is 9.32. The molecule has 35 heavy (non-hydrogen) atoms. The van der Waals surface area contributed by atoms with E-state index in [0.29, 0.717) is 0 Å². The topological polar surface area (TPSA) is 125 Å². The molecule has 0 spiro atoms. The van der Waals surface area contributed by atoms with E-state index in [1.165, 1.54) is 0 Å². The molecule has 2 aromatic carbocycles. The SMILES string of the molecule is CC(C)(C)OC[C@H](NC(=O)OCC1c2ccccc2-c2ccccc21)C(=O)N(CCO)CC(=O)O. The minimum atomic E-state index is -1.23. The highest BCUT2D eigenvalue weighted by molar-refractivity contribution is 5.88. The number of carboxylic acids is 1. The lowest BCUT2D eigenvalue weighted by Gasteiger charge is -2.28. The van der Waals surface area contributed by atoms with Gasteiger partial charge in [0.05, 0.1) is 18.8 Å². The van der Waals surface area contributed by atoms with Crippen molar-refractivity contribution >= 4 is 18.0 Å². The summed E-state index contributed by atoms with van der Waals surface area (Å²) >= 11 is 0. The molecule has 0 heterocycles. The van der Waals surface area contributed by atoms with Gasteiger partial charge < -0.3 is 29.9 Å². The van der Waals surface area contributed by atoms with Gasteiger partial charge in [-0.05, 0) is 43.0 Å². The fourth-order valence-corrected chi connectivity index (χ4v) is 4.06. The van der Waals surface area contributed by atoms with Crippen molar-refractivity contribution < 1.29 is 34.1 Å². The molecule has 1 aliphatic rings. The smallest absolute Gasteiger partial charge is 0.407 e. The van der Waals surface area contributed by atoms with Crippen LogP contribution in [-0.2, 0) is 19.1 Å². The molecular formula is C26H32N2O7. The van der Waals surface area contributed by atoms with Gasteiger partial charge in [0, 0.05) is 12.5 Å². The molecule has 3 N–H and O–H groups in total. The van der Waals surface area contributed by atoms with Gasteiger partial charge in [-0.3, -0.25) is 9.59 Å². The van der Waals surface area contributed by atoms with E-state index in [9.17, 15) is 19.5 Å². The van der Waals surface area contributed by atoms with Gasteiger partial charge >= 0.3 is 12.1 Å². The summed E-state index contributed by atoms with van der Waals surface area (Å²) in [5, 5.41) is 20.9. The number of nitrogens with one attached hydrogen (secondary N) is 1. The number of benzene rings is 2. The second-order valence-corrected chi connectivity index (χ2v) is 9.32. The molecule has 9 heteroatoms. The average Bonchev–Trinajstić information content (AvgIpc) is 3.12. The van der Waals surface area contributed by atoms with Crippen molar-refractivity contribution in [2.45, 2.75) is 38.3 Å². The number of hydrogen-bond donors (Lipinski definition) is 3. The molecule has 1 atom stereocenters. The summed E-state index contributed by atoms with van der Waals surface area (Å²) in [6.07, 6.45) is -0.818. The number of nitrogens with zero attached hydrogens (tertiary/aromatic N) is 1. The van der Waals surface area contributed by atoms with Crippen LogP contribution in [0.25, 0.3) is 11.1 Å². The number of carbonyl (C=O) groups excluding carboxylic acids is 2. The number of amides is 2. The van der Waals surface area contributed by atoms with E-state index in [-0.39, 0.29) is 25.7 Å². The van der Waals surface area contributed by atoms with Gasteiger partial charge in [-0.1, -0.05) is 48.5 Å². The van der Waals surface area contributed by atoms with Gasteiger partial charge in [0.2, 0.25) is 5.91 Å². The van der Waals surface area contributed by atoms with Crippen molar-refractivity contribution in [3.05, 3.63) is 59.7 Å². The maximum absolute atomic E-state index is 13.0. The number of ether oxygens (including phenoxy) is 2. The first-order valence-electron chi connectivity index (χ1n) is 11.5. The Morgan fingerprint density at radius 2 is 1.60 bits per heavy atom. The first-order chi connectivity index (χ1) is 16.6. The second kappa shape index (κ2) is 11.3. The van der Waals surface area contributed by atoms with Crippen LogP contribution in [0.5, 0.6) is 0 Å². The molecule has 0 saturated carbocycles. The first kappa shape index (κ1) is 26.2. The number of alkyl carbamates (subject to hydrolysis) is 1. The number of fused-ring (bicyclic) bond motifs is 3. The standard InChI is InChI=1S/C26H32N2O7/c1-26(2,3)35-16-22(24(32)28(12-13-29)14-23(30)31)27-25(33)34-15-21-19-10-6-4-8-17(19)18-9-5-7-11-20(18)21/h4-11,21-22,29H,12-16H2,1-3H3,(H,27,33)(H,30,31)/t22-/m0/s1. The molecule has 3 rings (SSSR count). The lowest BCUT2D eigenvalue weighted by molar-refractivity contribution is -0.147. The molecule has 2 aromatic rings. The van der Waals surface area contributed by atoms with Gasteiger partial charge in [0.25, 0.3) is 0 Å². The third-order valence-corrected chi connectivity index (χ3v) is 5.62. The maximum Gasteiger partial charge on any atom is 0.407 e. The quantitative estimate of drug-likeness (QED) is 0.473. The van der Waals surface area contributed by atoms with Crippen LogP contribution in [0.2, 0.25) is 0 Å². The summed E-state index contributed by atoms with van der Waals surface area (Å²) in [6.45, 7) is 4.04. The van der Waals surface area contributed by atoms with Gasteiger partial charge in [0.15, 0.2) is 0 Å². The number of hydrogen-bond acceptors (Lipinski definition) is 6. The van der Waals surface area contributed by atoms with Crippen LogP contribution < -0.4 is 5.32 Å². The van der Waals surface area contributed by atoms with Gasteiger partial charge in [0.1, 0.15) is 19.2 Å². The molecule has 9 nitrogen and oxygen atoms in total. The highest BCUT2D eigenvalue weighted by atomic mass is 16.5. The molecule has 2 amide bonds. The molecule has 188 valence electrons. The van der Waals surface area contributed by atoms with Gasteiger partial charge in [-0.25, -0.2) is 4.79 Å². The number of aliphatic carboxylic acids is 1. The van der Waals surface area contributed by atoms with Crippen molar-refractivity contribution in [1.82, 2.24) is 10.2 Å². The molecule has 0 saturated heterocycles. The molecule has 1 aliphatic carbocycles. The van der Waals surface area contributed by atoms with E-state index in [2.05, 4.69) is 5.32 Å². The first-order valence-corrected chi connectivity index (χ1v) is 11.5. The van der Waals surface area contributed by atoms with Crippen LogP contribution in [0.1, 0.15) is 37.8 Å². The van der Waals surface area contributed by atoms with Gasteiger partial charge in [-0.15, -0.1) is 0 Å². The molecule has 0 fully saturated rings. The fourth-order valence-electron chi connectivity index (χ4n) is 4.06. The zero-order valence-corrected chi connectivity index (χ0v) is 20.2. The normalized spacial score (nSPS) is 13.5. The molecule has 0 aliphatic heterocycles. The van der Waals surface area contributed by atoms with Crippen LogP contribution in [0.15, 0.2) is 48.5 Å². The summed E-state index contributed by atoms with van der Waals surface area (Å²) in [4.78, 5) is 37.9. The van der Waals surface area contributed by atoms with E-state index >= 15 is 0 Å². The summed E-state index contributed by atoms with van der Waals surface area (Å²) in [6, 6.07) is 14.7. The van der Waals surface area contributed by atoms with E-state index in [4.69, 9.17) is 14.6 Å². The largest absolute Gasteiger partial charge is 0.480 e. The monoisotopic (exact) mass is 484 g/mol. The minimum Gasteiger partial charge on any atom is -0.480 e. The van der Waals surface area contributed by atoms with Crippen molar-refractivity contribution in [3.63, 3.8) is 0 Å². The minimum absolute atomic E-state index is 0.0659.